The second-order valence-electron chi connectivity index (χ2n) is 4.09. The van der Waals surface area contributed by atoms with Gasteiger partial charge in [-0.15, -0.1) is 0 Å². The lowest BCUT2D eigenvalue weighted by Crippen LogP contribution is -2.35. The molecule has 2 nitrogen and oxygen atoms in total. The number of carbonyl (C=O) groups is 1. The number of carbonyl (C=O) groups excluding carboxylic acids is 1. The van der Waals surface area contributed by atoms with Gasteiger partial charge in [-0.2, -0.15) is 0 Å². The summed E-state index contributed by atoms with van der Waals surface area (Å²) in [4.78, 5) is 10.9. The smallest absolute Gasteiger partial charge is 0.303 e. The molecular weight excluding hydrogens is 188 g/mol. The van der Waals surface area contributed by atoms with Gasteiger partial charge in [-0.25, -0.2) is 0 Å². The largest absolute Gasteiger partial charge is 0.460 e. The summed E-state index contributed by atoms with van der Waals surface area (Å²) in [6.07, 6.45) is 3.33. The van der Waals surface area contributed by atoms with Crippen molar-refractivity contribution in [3.05, 3.63) is 0 Å². The van der Waals surface area contributed by atoms with Gasteiger partial charge in [-0.1, -0.05) is 34.1 Å². The van der Waals surface area contributed by atoms with Crippen molar-refractivity contribution in [2.24, 2.45) is 5.92 Å². The molecule has 0 aromatic heterocycles. The van der Waals surface area contributed by atoms with E-state index in [1.807, 2.05) is 27.7 Å². The molecule has 0 saturated carbocycles. The summed E-state index contributed by atoms with van der Waals surface area (Å²) in [5.41, 5.74) is -0.309. The van der Waals surface area contributed by atoms with Gasteiger partial charge in [0.2, 0.25) is 0 Å². The molecule has 0 rings (SSSR count). The highest BCUT2D eigenvalue weighted by molar-refractivity contribution is 5.66. The number of ether oxygens (including phenoxy) is 1. The molecule has 0 fully saturated rings. The van der Waals surface area contributed by atoms with Crippen LogP contribution in [0.3, 0.4) is 0 Å². The van der Waals surface area contributed by atoms with Crippen LogP contribution in [0.15, 0.2) is 0 Å². The molecular formula is C13H28O2. The van der Waals surface area contributed by atoms with Gasteiger partial charge in [-0.05, 0) is 32.6 Å². The Hall–Kier alpha value is -0.530. The molecule has 0 N–H and O–H groups in total. The Morgan fingerprint density at radius 1 is 1.27 bits per heavy atom. The fourth-order valence-corrected chi connectivity index (χ4v) is 1.85. The van der Waals surface area contributed by atoms with Crippen LogP contribution in [-0.2, 0) is 9.53 Å². The fourth-order valence-electron chi connectivity index (χ4n) is 1.85. The predicted molar refractivity (Wildman–Crippen MR) is 65.9 cm³/mol. The predicted octanol–water partition coefficient (Wildman–Crippen LogP) is 4.18. The number of esters is 1. The summed E-state index contributed by atoms with van der Waals surface area (Å²) >= 11 is 0. The third kappa shape index (κ3) is 7.40. The zero-order chi connectivity index (χ0) is 12.5. The fraction of sp³-hybridized carbons (Fsp3) is 0.923. The van der Waals surface area contributed by atoms with E-state index < -0.39 is 0 Å². The van der Waals surface area contributed by atoms with E-state index in [1.165, 1.54) is 6.92 Å². The minimum Gasteiger partial charge on any atom is -0.460 e. The average molecular weight is 216 g/mol. The van der Waals surface area contributed by atoms with Gasteiger partial charge in [0, 0.05) is 6.92 Å². The number of hydrogen-bond acceptors (Lipinski definition) is 2. The van der Waals surface area contributed by atoms with E-state index in [2.05, 4.69) is 13.8 Å². The van der Waals surface area contributed by atoms with Crippen molar-refractivity contribution in [3.63, 3.8) is 0 Å². The van der Waals surface area contributed by atoms with Crippen LogP contribution in [0.25, 0.3) is 0 Å². The van der Waals surface area contributed by atoms with Crippen LogP contribution < -0.4 is 0 Å². The molecule has 0 radical (unpaired) electrons. The van der Waals surface area contributed by atoms with E-state index in [9.17, 15) is 4.79 Å². The molecule has 0 aliphatic carbocycles. The van der Waals surface area contributed by atoms with E-state index >= 15 is 0 Å². The van der Waals surface area contributed by atoms with E-state index in [1.54, 1.807) is 0 Å². The van der Waals surface area contributed by atoms with Crippen molar-refractivity contribution in [1.29, 1.82) is 0 Å². The lowest BCUT2D eigenvalue weighted by atomic mass is 9.85. The Kier molecular flexibility index (Phi) is 9.85. The molecule has 1 atom stereocenters. The number of rotatable bonds is 5. The molecule has 0 aromatic rings. The highest BCUT2D eigenvalue weighted by Crippen LogP contribution is 2.28. The van der Waals surface area contributed by atoms with Crippen LogP contribution in [0.5, 0.6) is 0 Å². The molecule has 1 unspecified atom stereocenters. The van der Waals surface area contributed by atoms with Gasteiger partial charge in [0.1, 0.15) is 5.60 Å². The van der Waals surface area contributed by atoms with Crippen molar-refractivity contribution in [2.45, 2.75) is 73.3 Å². The standard InChI is InChI=1S/C11H22O2.C2H6/c1-6-8-10(7-2)11(4,5)13-9(3)12;1-2/h10H,6-8H2,1-5H3;1-2H3. The zero-order valence-electron chi connectivity index (χ0n) is 11.5. The Morgan fingerprint density at radius 2 is 1.73 bits per heavy atom. The van der Waals surface area contributed by atoms with Gasteiger partial charge in [0.25, 0.3) is 0 Å². The van der Waals surface area contributed by atoms with Crippen molar-refractivity contribution in [3.8, 4) is 0 Å². The van der Waals surface area contributed by atoms with Crippen LogP contribution >= 0.6 is 0 Å². The molecule has 15 heavy (non-hydrogen) atoms. The van der Waals surface area contributed by atoms with Crippen molar-refractivity contribution >= 4 is 5.97 Å². The summed E-state index contributed by atoms with van der Waals surface area (Å²) in [5.74, 6) is 0.293. The molecule has 0 aliphatic heterocycles. The second-order valence-corrected chi connectivity index (χ2v) is 4.09. The minimum absolute atomic E-state index is 0.181. The minimum atomic E-state index is -0.309. The first-order chi connectivity index (χ1) is 6.94. The van der Waals surface area contributed by atoms with Crippen LogP contribution in [0.2, 0.25) is 0 Å². The Morgan fingerprint density at radius 3 is 2.00 bits per heavy atom. The Balaban J connectivity index is 0. The second kappa shape index (κ2) is 8.75. The summed E-state index contributed by atoms with van der Waals surface area (Å²) in [7, 11) is 0. The topological polar surface area (TPSA) is 26.3 Å². The molecule has 0 aromatic carbocycles. The molecule has 0 aliphatic rings. The molecule has 0 saturated heterocycles. The van der Waals surface area contributed by atoms with E-state index in [4.69, 9.17) is 4.74 Å². The van der Waals surface area contributed by atoms with E-state index in [0.29, 0.717) is 5.92 Å². The first-order valence-electron chi connectivity index (χ1n) is 6.13. The van der Waals surface area contributed by atoms with Gasteiger partial charge in [-0.3, -0.25) is 4.79 Å². The lowest BCUT2D eigenvalue weighted by Gasteiger charge is -2.33. The van der Waals surface area contributed by atoms with Crippen LogP contribution in [0.1, 0.15) is 67.7 Å². The summed E-state index contributed by atoms with van der Waals surface area (Å²) in [6.45, 7) is 13.8. The van der Waals surface area contributed by atoms with Gasteiger partial charge >= 0.3 is 5.97 Å². The Labute approximate surface area is 95.4 Å². The van der Waals surface area contributed by atoms with Crippen LogP contribution in [0.4, 0.5) is 0 Å². The van der Waals surface area contributed by atoms with Gasteiger partial charge in [0.15, 0.2) is 0 Å². The third-order valence-corrected chi connectivity index (χ3v) is 2.52. The Bertz CT molecular complexity index is 162. The molecule has 0 heterocycles. The van der Waals surface area contributed by atoms with Crippen molar-refractivity contribution < 1.29 is 9.53 Å². The SMILES string of the molecule is CC.CCCC(CC)C(C)(C)OC(C)=O. The third-order valence-electron chi connectivity index (χ3n) is 2.52. The zero-order valence-corrected chi connectivity index (χ0v) is 11.5. The average Bonchev–Trinajstić information content (AvgIpc) is 2.15. The maximum atomic E-state index is 10.9. The van der Waals surface area contributed by atoms with E-state index in [0.717, 1.165) is 19.3 Å². The number of hydrogen-bond donors (Lipinski definition) is 0. The quantitative estimate of drug-likeness (QED) is 0.644. The molecule has 0 bridgehead atoms. The van der Waals surface area contributed by atoms with Gasteiger partial charge in [0.05, 0.1) is 0 Å². The van der Waals surface area contributed by atoms with Crippen molar-refractivity contribution in [1.82, 2.24) is 0 Å². The maximum Gasteiger partial charge on any atom is 0.303 e. The first kappa shape index (κ1) is 16.9. The summed E-state index contributed by atoms with van der Waals surface area (Å²) in [6, 6.07) is 0. The molecule has 2 heteroatoms. The van der Waals surface area contributed by atoms with Crippen molar-refractivity contribution in [2.75, 3.05) is 0 Å². The maximum absolute atomic E-state index is 10.9. The highest BCUT2D eigenvalue weighted by atomic mass is 16.6. The molecule has 0 amide bonds. The summed E-state index contributed by atoms with van der Waals surface area (Å²) < 4.78 is 5.30. The highest BCUT2D eigenvalue weighted by Gasteiger charge is 2.30. The molecule has 0 spiro atoms. The van der Waals surface area contributed by atoms with Gasteiger partial charge < -0.3 is 4.74 Å². The lowest BCUT2D eigenvalue weighted by molar-refractivity contribution is -0.159. The monoisotopic (exact) mass is 216 g/mol. The first-order valence-corrected chi connectivity index (χ1v) is 6.13. The van der Waals surface area contributed by atoms with Crippen LogP contribution in [-0.4, -0.2) is 11.6 Å². The summed E-state index contributed by atoms with van der Waals surface area (Å²) in [5, 5.41) is 0. The normalized spacial score (nSPS) is 12.5. The van der Waals surface area contributed by atoms with Crippen LogP contribution in [0, 0.1) is 5.92 Å². The van der Waals surface area contributed by atoms with E-state index in [-0.39, 0.29) is 11.6 Å². The molecule has 92 valence electrons.